The van der Waals surface area contributed by atoms with E-state index in [9.17, 15) is 9.59 Å². The topological polar surface area (TPSA) is 79.6 Å². The predicted octanol–water partition coefficient (Wildman–Crippen LogP) is 0.142. The second kappa shape index (κ2) is 7.51. The SMILES string of the molecule is COC(=O)C(C)CN(C#N)CCOC(C)=O. The predicted molar refractivity (Wildman–Crippen MR) is 55.0 cm³/mol. The average Bonchev–Trinajstić information content (AvgIpc) is 2.25. The zero-order chi connectivity index (χ0) is 12.6. The molecule has 0 N–H and O–H groups in total. The number of ether oxygens (including phenoxy) is 2. The molecule has 1 unspecified atom stereocenters. The summed E-state index contributed by atoms with van der Waals surface area (Å²) in [7, 11) is 1.30. The van der Waals surface area contributed by atoms with Gasteiger partial charge in [0.05, 0.1) is 19.6 Å². The number of carbonyl (C=O) groups is 2. The lowest BCUT2D eigenvalue weighted by atomic mass is 10.2. The maximum Gasteiger partial charge on any atom is 0.310 e. The minimum Gasteiger partial charge on any atom is -0.469 e. The molecule has 0 aromatic carbocycles. The molecule has 0 aliphatic rings. The molecule has 0 aromatic rings. The van der Waals surface area contributed by atoms with Gasteiger partial charge in [-0.3, -0.25) is 9.59 Å². The monoisotopic (exact) mass is 228 g/mol. The summed E-state index contributed by atoms with van der Waals surface area (Å²) in [4.78, 5) is 22.9. The van der Waals surface area contributed by atoms with Gasteiger partial charge >= 0.3 is 11.9 Å². The zero-order valence-electron chi connectivity index (χ0n) is 9.73. The number of hydrogen-bond acceptors (Lipinski definition) is 6. The Bertz CT molecular complexity index is 285. The molecule has 0 saturated heterocycles. The van der Waals surface area contributed by atoms with Gasteiger partial charge in [0.1, 0.15) is 6.61 Å². The molecule has 0 saturated carbocycles. The molecule has 0 bridgehead atoms. The number of nitriles is 1. The van der Waals surface area contributed by atoms with Crippen LogP contribution in [0, 0.1) is 17.4 Å². The lowest BCUT2D eigenvalue weighted by Crippen LogP contribution is -2.31. The van der Waals surface area contributed by atoms with Gasteiger partial charge < -0.3 is 14.4 Å². The van der Waals surface area contributed by atoms with E-state index in [2.05, 4.69) is 4.74 Å². The van der Waals surface area contributed by atoms with Gasteiger partial charge in [-0.15, -0.1) is 0 Å². The highest BCUT2D eigenvalue weighted by molar-refractivity contribution is 5.72. The number of hydrogen-bond donors (Lipinski definition) is 0. The van der Waals surface area contributed by atoms with Crippen LogP contribution in [0.1, 0.15) is 13.8 Å². The standard InChI is InChI=1S/C10H16N2O4/c1-8(10(14)15-3)6-12(7-11)4-5-16-9(2)13/h8H,4-6H2,1-3H3. The highest BCUT2D eigenvalue weighted by atomic mass is 16.5. The summed E-state index contributed by atoms with van der Waals surface area (Å²) in [5.41, 5.74) is 0. The van der Waals surface area contributed by atoms with Crippen LogP contribution in [0.5, 0.6) is 0 Å². The Balaban J connectivity index is 3.97. The van der Waals surface area contributed by atoms with Gasteiger partial charge in [-0.05, 0) is 0 Å². The number of esters is 2. The third-order valence-electron chi connectivity index (χ3n) is 1.91. The number of nitrogens with zero attached hydrogens (tertiary/aromatic N) is 2. The van der Waals surface area contributed by atoms with Crippen LogP contribution in [-0.2, 0) is 19.1 Å². The van der Waals surface area contributed by atoms with E-state index >= 15 is 0 Å². The van der Waals surface area contributed by atoms with Crippen molar-refractivity contribution in [1.29, 1.82) is 5.26 Å². The molecule has 0 aromatic heterocycles. The lowest BCUT2D eigenvalue weighted by molar-refractivity contribution is -0.146. The Morgan fingerprint density at radius 3 is 2.56 bits per heavy atom. The van der Waals surface area contributed by atoms with Crippen LogP contribution in [0.4, 0.5) is 0 Å². The molecule has 0 amide bonds. The van der Waals surface area contributed by atoms with Crippen LogP contribution < -0.4 is 0 Å². The van der Waals surface area contributed by atoms with Crippen molar-refractivity contribution in [2.24, 2.45) is 5.92 Å². The van der Waals surface area contributed by atoms with E-state index in [1.165, 1.54) is 18.9 Å². The first-order chi connectivity index (χ1) is 7.51. The maximum absolute atomic E-state index is 11.1. The highest BCUT2D eigenvalue weighted by Gasteiger charge is 2.16. The summed E-state index contributed by atoms with van der Waals surface area (Å²) in [6.07, 6.45) is 1.92. The van der Waals surface area contributed by atoms with Gasteiger partial charge in [0.2, 0.25) is 0 Å². The fourth-order valence-corrected chi connectivity index (χ4v) is 1.09. The Labute approximate surface area is 94.7 Å². The van der Waals surface area contributed by atoms with E-state index < -0.39 is 0 Å². The van der Waals surface area contributed by atoms with Crippen molar-refractivity contribution in [2.45, 2.75) is 13.8 Å². The molecule has 6 nitrogen and oxygen atoms in total. The van der Waals surface area contributed by atoms with E-state index in [1.54, 1.807) is 6.92 Å². The molecule has 0 aliphatic carbocycles. The molecular weight excluding hydrogens is 212 g/mol. The van der Waals surface area contributed by atoms with Gasteiger partial charge in [0.15, 0.2) is 6.19 Å². The summed E-state index contributed by atoms with van der Waals surface area (Å²) in [6, 6.07) is 0. The molecule has 0 heterocycles. The molecule has 1 atom stereocenters. The fourth-order valence-electron chi connectivity index (χ4n) is 1.09. The van der Waals surface area contributed by atoms with Gasteiger partial charge in [0.25, 0.3) is 0 Å². The normalized spacial score (nSPS) is 11.1. The average molecular weight is 228 g/mol. The van der Waals surface area contributed by atoms with E-state index in [0.29, 0.717) is 0 Å². The van der Waals surface area contributed by atoms with Crippen molar-refractivity contribution >= 4 is 11.9 Å². The van der Waals surface area contributed by atoms with Crippen molar-refractivity contribution in [1.82, 2.24) is 4.90 Å². The van der Waals surface area contributed by atoms with Crippen LogP contribution in [0.15, 0.2) is 0 Å². The van der Waals surface area contributed by atoms with Crippen molar-refractivity contribution < 1.29 is 19.1 Å². The van der Waals surface area contributed by atoms with E-state index in [-0.39, 0.29) is 37.6 Å². The molecule has 90 valence electrons. The van der Waals surface area contributed by atoms with Crippen LogP contribution in [-0.4, -0.2) is 43.6 Å². The first-order valence-electron chi connectivity index (χ1n) is 4.87. The van der Waals surface area contributed by atoms with Gasteiger partial charge in [-0.2, -0.15) is 5.26 Å². The van der Waals surface area contributed by atoms with Crippen molar-refractivity contribution in [3.63, 3.8) is 0 Å². The second-order valence-electron chi connectivity index (χ2n) is 3.31. The molecule has 0 radical (unpaired) electrons. The molecule has 0 fully saturated rings. The minimum atomic E-state index is -0.390. The minimum absolute atomic E-state index is 0.136. The number of rotatable bonds is 6. The van der Waals surface area contributed by atoms with E-state index in [0.717, 1.165) is 0 Å². The third kappa shape index (κ3) is 5.86. The number of methoxy groups -OCH3 is 1. The van der Waals surface area contributed by atoms with Gasteiger partial charge in [0, 0.05) is 13.5 Å². The molecule has 0 spiro atoms. The highest BCUT2D eigenvalue weighted by Crippen LogP contribution is 2.01. The molecular formula is C10H16N2O4. The summed E-state index contributed by atoms with van der Waals surface area (Å²) in [5, 5.41) is 8.78. The third-order valence-corrected chi connectivity index (χ3v) is 1.91. The summed E-state index contributed by atoms with van der Waals surface area (Å²) in [5.74, 6) is -1.14. The quantitative estimate of drug-likeness (QED) is 0.365. The number of carbonyl (C=O) groups excluding carboxylic acids is 2. The second-order valence-corrected chi connectivity index (χ2v) is 3.31. The van der Waals surface area contributed by atoms with Crippen molar-refractivity contribution in [2.75, 3.05) is 26.8 Å². The fraction of sp³-hybridized carbons (Fsp3) is 0.700. The molecule has 16 heavy (non-hydrogen) atoms. The Kier molecular flexibility index (Phi) is 6.68. The lowest BCUT2D eigenvalue weighted by Gasteiger charge is -2.18. The van der Waals surface area contributed by atoms with Crippen LogP contribution in [0.2, 0.25) is 0 Å². The van der Waals surface area contributed by atoms with Gasteiger partial charge in [-0.25, -0.2) is 0 Å². The summed E-state index contributed by atoms with van der Waals surface area (Å²) < 4.78 is 9.23. The van der Waals surface area contributed by atoms with E-state index in [1.807, 2.05) is 6.19 Å². The van der Waals surface area contributed by atoms with Crippen molar-refractivity contribution in [3.8, 4) is 6.19 Å². The van der Waals surface area contributed by atoms with Crippen LogP contribution in [0.25, 0.3) is 0 Å². The Hall–Kier alpha value is -1.77. The zero-order valence-corrected chi connectivity index (χ0v) is 9.73. The molecule has 6 heteroatoms. The van der Waals surface area contributed by atoms with Crippen LogP contribution in [0.3, 0.4) is 0 Å². The van der Waals surface area contributed by atoms with Crippen molar-refractivity contribution in [3.05, 3.63) is 0 Å². The summed E-state index contributed by atoms with van der Waals surface area (Å²) in [6.45, 7) is 3.63. The first kappa shape index (κ1) is 14.2. The first-order valence-corrected chi connectivity index (χ1v) is 4.87. The Morgan fingerprint density at radius 2 is 2.12 bits per heavy atom. The maximum atomic E-state index is 11.1. The van der Waals surface area contributed by atoms with E-state index in [4.69, 9.17) is 10.00 Å². The summed E-state index contributed by atoms with van der Waals surface area (Å²) >= 11 is 0. The largest absolute Gasteiger partial charge is 0.469 e. The molecule has 0 rings (SSSR count). The smallest absolute Gasteiger partial charge is 0.310 e. The van der Waals surface area contributed by atoms with Crippen LogP contribution >= 0.6 is 0 Å². The van der Waals surface area contributed by atoms with Gasteiger partial charge in [-0.1, -0.05) is 6.92 Å². The molecule has 0 aliphatic heterocycles. The Morgan fingerprint density at radius 1 is 1.50 bits per heavy atom.